The number of amides is 1. The van der Waals surface area contributed by atoms with Crippen molar-refractivity contribution in [2.24, 2.45) is 0 Å². The quantitative estimate of drug-likeness (QED) is 0.881. The number of hydrogen-bond acceptors (Lipinski definition) is 3. The molecule has 124 valence electrons. The van der Waals surface area contributed by atoms with Crippen LogP contribution in [0.5, 0.6) is 0 Å². The van der Waals surface area contributed by atoms with Gasteiger partial charge in [0.25, 0.3) is 5.91 Å². The van der Waals surface area contributed by atoms with E-state index < -0.39 is 11.6 Å². The summed E-state index contributed by atoms with van der Waals surface area (Å²) in [5.41, 5.74) is 2.35. The molecule has 2 aromatic carbocycles. The first-order valence-corrected chi connectivity index (χ1v) is 8.08. The Bertz CT molecular complexity index is 799. The van der Waals surface area contributed by atoms with Gasteiger partial charge in [0, 0.05) is 6.42 Å². The van der Waals surface area contributed by atoms with Gasteiger partial charge in [-0.2, -0.15) is 0 Å². The van der Waals surface area contributed by atoms with E-state index in [9.17, 15) is 9.59 Å². The van der Waals surface area contributed by atoms with Crippen molar-refractivity contribution in [3.05, 3.63) is 70.8 Å². The summed E-state index contributed by atoms with van der Waals surface area (Å²) in [7, 11) is 0. The van der Waals surface area contributed by atoms with Crippen molar-refractivity contribution < 1.29 is 14.3 Å². The molecule has 0 saturated heterocycles. The van der Waals surface area contributed by atoms with Crippen LogP contribution in [-0.2, 0) is 16.0 Å². The first kappa shape index (κ1) is 16.2. The van der Waals surface area contributed by atoms with E-state index in [0.717, 1.165) is 16.7 Å². The molecule has 2 aromatic rings. The normalized spacial score (nSPS) is 20.7. The Morgan fingerprint density at radius 1 is 1.17 bits per heavy atom. The van der Waals surface area contributed by atoms with Crippen LogP contribution in [0.25, 0.3) is 0 Å². The molecule has 24 heavy (non-hydrogen) atoms. The van der Waals surface area contributed by atoms with Crippen LogP contribution in [0.1, 0.15) is 46.9 Å². The van der Waals surface area contributed by atoms with Gasteiger partial charge >= 0.3 is 5.97 Å². The maximum absolute atomic E-state index is 12.8. The molecule has 0 fully saturated rings. The highest BCUT2D eigenvalue weighted by Gasteiger charge is 2.42. The van der Waals surface area contributed by atoms with E-state index in [1.165, 1.54) is 0 Å². The van der Waals surface area contributed by atoms with Gasteiger partial charge in [-0.15, -0.1) is 0 Å². The first-order valence-electron chi connectivity index (χ1n) is 8.08. The van der Waals surface area contributed by atoms with Crippen molar-refractivity contribution in [1.29, 1.82) is 0 Å². The highest BCUT2D eigenvalue weighted by molar-refractivity contribution is 5.97. The van der Waals surface area contributed by atoms with E-state index in [1.807, 2.05) is 50.2 Å². The van der Waals surface area contributed by atoms with Crippen LogP contribution < -0.4 is 5.32 Å². The van der Waals surface area contributed by atoms with Gasteiger partial charge < -0.3 is 10.1 Å². The summed E-state index contributed by atoms with van der Waals surface area (Å²) in [5, 5.41) is 2.98. The average molecular weight is 323 g/mol. The van der Waals surface area contributed by atoms with Crippen molar-refractivity contribution in [3.8, 4) is 0 Å². The van der Waals surface area contributed by atoms with Gasteiger partial charge in [-0.25, -0.2) is 4.79 Å². The number of carbonyl (C=O) groups excluding carboxylic acids is 2. The summed E-state index contributed by atoms with van der Waals surface area (Å²) in [6.07, 6.45) is 0.376. The van der Waals surface area contributed by atoms with Crippen molar-refractivity contribution in [1.82, 2.24) is 5.32 Å². The maximum atomic E-state index is 12.8. The van der Waals surface area contributed by atoms with Crippen LogP contribution >= 0.6 is 0 Å². The van der Waals surface area contributed by atoms with E-state index in [0.29, 0.717) is 12.0 Å². The van der Waals surface area contributed by atoms with Crippen molar-refractivity contribution in [2.45, 2.75) is 38.8 Å². The molecule has 2 atom stereocenters. The standard InChI is InChI=1S/C20H21NO3/c1-13-8-4-6-10-16(13)14(2)21-19(23)20(3)12-15-9-5-7-11-17(15)18(22)24-20/h4-11,14H,12H2,1-3H3,(H,21,23). The fourth-order valence-corrected chi connectivity index (χ4v) is 3.16. The number of hydrogen-bond donors (Lipinski definition) is 1. The highest BCUT2D eigenvalue weighted by Crippen LogP contribution is 2.29. The second-order valence-electron chi connectivity index (χ2n) is 6.51. The van der Waals surface area contributed by atoms with Crippen LogP contribution in [0.3, 0.4) is 0 Å². The Balaban J connectivity index is 1.80. The minimum absolute atomic E-state index is 0.161. The molecule has 1 N–H and O–H groups in total. The maximum Gasteiger partial charge on any atom is 0.339 e. The summed E-state index contributed by atoms with van der Waals surface area (Å²) in [5.74, 6) is -0.723. The molecule has 0 aliphatic carbocycles. The van der Waals surface area contributed by atoms with Crippen LogP contribution in [0.4, 0.5) is 0 Å². The van der Waals surface area contributed by atoms with Crippen LogP contribution in [0.15, 0.2) is 48.5 Å². The predicted molar refractivity (Wildman–Crippen MR) is 91.7 cm³/mol. The lowest BCUT2D eigenvalue weighted by atomic mass is 9.89. The largest absolute Gasteiger partial charge is 0.445 e. The zero-order valence-electron chi connectivity index (χ0n) is 14.1. The number of carbonyl (C=O) groups is 2. The van der Waals surface area contributed by atoms with Gasteiger partial charge in [-0.3, -0.25) is 4.79 Å². The van der Waals surface area contributed by atoms with Crippen LogP contribution in [0.2, 0.25) is 0 Å². The molecule has 3 rings (SSSR count). The lowest BCUT2D eigenvalue weighted by molar-refractivity contribution is -0.140. The number of nitrogens with one attached hydrogen (secondary N) is 1. The summed E-state index contributed by atoms with van der Waals surface area (Å²) in [6.45, 7) is 5.61. The van der Waals surface area contributed by atoms with E-state index in [4.69, 9.17) is 4.74 Å². The molecule has 0 spiro atoms. The number of esters is 1. The fraction of sp³-hybridized carbons (Fsp3) is 0.300. The van der Waals surface area contributed by atoms with E-state index in [1.54, 1.807) is 19.1 Å². The lowest BCUT2D eigenvalue weighted by Crippen LogP contribution is -2.52. The number of aryl methyl sites for hydroxylation is 1. The predicted octanol–water partition coefficient (Wildman–Crippen LogP) is 3.34. The summed E-state index contributed by atoms with van der Waals surface area (Å²) >= 11 is 0. The SMILES string of the molecule is Cc1ccccc1C(C)NC(=O)C1(C)Cc2ccccc2C(=O)O1. The number of cyclic esters (lactones) is 1. The molecule has 4 heteroatoms. The Morgan fingerprint density at radius 2 is 1.83 bits per heavy atom. The number of ether oxygens (including phenoxy) is 1. The number of fused-ring (bicyclic) bond motifs is 1. The van der Waals surface area contributed by atoms with Crippen LogP contribution in [0, 0.1) is 6.92 Å². The van der Waals surface area contributed by atoms with Gasteiger partial charge in [0.2, 0.25) is 0 Å². The Labute approximate surface area is 141 Å². The van der Waals surface area contributed by atoms with E-state index in [-0.39, 0.29) is 11.9 Å². The third kappa shape index (κ3) is 2.92. The highest BCUT2D eigenvalue weighted by atomic mass is 16.6. The average Bonchev–Trinajstić information content (AvgIpc) is 2.55. The lowest BCUT2D eigenvalue weighted by Gasteiger charge is -2.34. The van der Waals surface area contributed by atoms with Gasteiger partial charge in [-0.05, 0) is 43.5 Å². The molecule has 2 unspecified atom stereocenters. The fourth-order valence-electron chi connectivity index (χ4n) is 3.16. The molecule has 0 saturated carbocycles. The molecular formula is C20H21NO3. The number of benzene rings is 2. The molecule has 0 aromatic heterocycles. The third-order valence-electron chi connectivity index (χ3n) is 4.57. The van der Waals surface area contributed by atoms with Gasteiger partial charge in [0.05, 0.1) is 11.6 Å². The second-order valence-corrected chi connectivity index (χ2v) is 6.51. The van der Waals surface area contributed by atoms with Gasteiger partial charge in [0.1, 0.15) is 0 Å². The van der Waals surface area contributed by atoms with Crippen molar-refractivity contribution >= 4 is 11.9 Å². The molecule has 4 nitrogen and oxygen atoms in total. The van der Waals surface area contributed by atoms with Crippen LogP contribution in [-0.4, -0.2) is 17.5 Å². The molecule has 1 aliphatic rings. The molecule has 0 radical (unpaired) electrons. The summed E-state index contributed by atoms with van der Waals surface area (Å²) in [4.78, 5) is 25.0. The summed E-state index contributed by atoms with van der Waals surface area (Å²) < 4.78 is 5.48. The zero-order valence-corrected chi connectivity index (χ0v) is 14.1. The van der Waals surface area contributed by atoms with Crippen molar-refractivity contribution in [3.63, 3.8) is 0 Å². The molecule has 1 amide bonds. The minimum Gasteiger partial charge on any atom is -0.445 e. The third-order valence-corrected chi connectivity index (χ3v) is 4.57. The Kier molecular flexibility index (Phi) is 4.14. The molecular weight excluding hydrogens is 302 g/mol. The van der Waals surface area contributed by atoms with Gasteiger partial charge in [-0.1, -0.05) is 42.5 Å². The zero-order chi connectivity index (χ0) is 17.3. The van der Waals surface area contributed by atoms with E-state index in [2.05, 4.69) is 5.32 Å². The van der Waals surface area contributed by atoms with Gasteiger partial charge in [0.15, 0.2) is 5.60 Å². The van der Waals surface area contributed by atoms with E-state index >= 15 is 0 Å². The first-order chi connectivity index (χ1) is 11.4. The summed E-state index contributed by atoms with van der Waals surface area (Å²) in [6, 6.07) is 15.0. The minimum atomic E-state index is -1.19. The molecule has 1 heterocycles. The monoisotopic (exact) mass is 323 g/mol. The van der Waals surface area contributed by atoms with Crippen molar-refractivity contribution in [2.75, 3.05) is 0 Å². The Hall–Kier alpha value is -2.62. The molecule has 1 aliphatic heterocycles. The Morgan fingerprint density at radius 3 is 2.58 bits per heavy atom. The number of rotatable bonds is 3. The topological polar surface area (TPSA) is 55.4 Å². The smallest absolute Gasteiger partial charge is 0.339 e. The second kappa shape index (κ2) is 6.11. The molecule has 0 bridgehead atoms.